The van der Waals surface area contributed by atoms with E-state index in [1.807, 2.05) is 20.8 Å². The Morgan fingerprint density at radius 3 is 2.38 bits per heavy atom. The molecule has 0 aromatic carbocycles. The maximum absolute atomic E-state index is 13.6. The van der Waals surface area contributed by atoms with Crippen molar-refractivity contribution >= 4 is 30.3 Å². The fourth-order valence-corrected chi connectivity index (χ4v) is 6.55. The van der Waals surface area contributed by atoms with E-state index in [0.29, 0.717) is 16.5 Å². The van der Waals surface area contributed by atoms with Crippen LogP contribution in [0.5, 0.6) is 0 Å². The van der Waals surface area contributed by atoms with Crippen LogP contribution in [0, 0.1) is 23.2 Å². The largest absolute Gasteiger partial charge is 0.477 e. The van der Waals surface area contributed by atoms with E-state index in [1.54, 1.807) is 24.4 Å². The van der Waals surface area contributed by atoms with Crippen LogP contribution in [0.1, 0.15) is 67.9 Å². The van der Waals surface area contributed by atoms with Gasteiger partial charge in [0, 0.05) is 24.8 Å². The lowest BCUT2D eigenvalue weighted by Gasteiger charge is -2.36. The molecule has 1 heterocycles. The van der Waals surface area contributed by atoms with Crippen LogP contribution >= 0.6 is 18.6 Å². The molecule has 4 nitrogen and oxygen atoms in total. The molecule has 0 saturated heterocycles. The average molecular weight is 396 g/mol. The summed E-state index contributed by atoms with van der Waals surface area (Å²) in [6.07, 6.45) is 4.08. The first-order valence-electron chi connectivity index (χ1n) is 9.13. The standard InChI is InChI=1S/C20H30NO3PS/c1-14-7-9-15(10-8-14)25(6,24)21(5)17-13-16(11-12-20(2,3)4)26-18(17)19(22)23/h13-15H,7-10H2,1-6H3,(H,22,23). The number of rotatable bonds is 4. The third-order valence-electron chi connectivity index (χ3n) is 5.07. The van der Waals surface area contributed by atoms with Crippen LogP contribution in [0.2, 0.25) is 0 Å². The number of thiophene rings is 1. The SMILES string of the molecule is CC1CCC(P(C)(=O)N(C)c2cc(C#CC(C)(C)C)sc2C(=O)O)CC1. The summed E-state index contributed by atoms with van der Waals surface area (Å²) in [6.45, 7) is 10.1. The Bertz CT molecular complexity index is 773. The molecule has 1 atom stereocenters. The molecule has 26 heavy (non-hydrogen) atoms. The highest BCUT2D eigenvalue weighted by Crippen LogP contribution is 2.57. The zero-order chi connectivity index (χ0) is 19.7. The van der Waals surface area contributed by atoms with Crippen molar-refractivity contribution in [3.63, 3.8) is 0 Å². The third-order valence-corrected chi connectivity index (χ3v) is 9.38. The average Bonchev–Trinajstić information content (AvgIpc) is 2.96. The molecule has 1 unspecified atom stereocenters. The first kappa shape index (κ1) is 21.1. The van der Waals surface area contributed by atoms with Gasteiger partial charge in [-0.3, -0.25) is 0 Å². The zero-order valence-corrected chi connectivity index (χ0v) is 18.3. The summed E-state index contributed by atoms with van der Waals surface area (Å²) in [7, 11) is -0.912. The Balaban J connectivity index is 2.36. The van der Waals surface area contributed by atoms with Gasteiger partial charge in [-0.25, -0.2) is 4.79 Å². The number of aromatic carboxylic acids is 1. The van der Waals surface area contributed by atoms with Crippen molar-refractivity contribution in [3.8, 4) is 11.8 Å². The number of nitrogens with zero attached hydrogens (tertiary/aromatic N) is 1. The molecule has 6 heteroatoms. The molecule has 1 aromatic heterocycles. The normalized spacial score (nSPS) is 22.8. The topological polar surface area (TPSA) is 57.6 Å². The molecular weight excluding hydrogens is 365 g/mol. The van der Waals surface area contributed by atoms with Crippen molar-refractivity contribution in [2.75, 3.05) is 18.4 Å². The van der Waals surface area contributed by atoms with Gasteiger partial charge in [0.1, 0.15) is 4.88 Å². The Morgan fingerprint density at radius 2 is 1.88 bits per heavy atom. The molecule has 1 aliphatic rings. The molecule has 0 radical (unpaired) electrons. The van der Waals surface area contributed by atoms with E-state index >= 15 is 0 Å². The summed E-state index contributed by atoms with van der Waals surface area (Å²) in [5, 5.41) is 9.61. The van der Waals surface area contributed by atoms with E-state index in [-0.39, 0.29) is 16.0 Å². The van der Waals surface area contributed by atoms with Gasteiger partial charge in [0.25, 0.3) is 0 Å². The second kappa shape index (κ2) is 7.79. The summed E-state index contributed by atoms with van der Waals surface area (Å²) < 4.78 is 15.3. The summed E-state index contributed by atoms with van der Waals surface area (Å²) in [5.74, 6) is 5.92. The maximum atomic E-state index is 13.6. The van der Waals surface area contributed by atoms with E-state index in [0.717, 1.165) is 37.0 Å². The third kappa shape index (κ3) is 4.93. The van der Waals surface area contributed by atoms with Gasteiger partial charge in [-0.1, -0.05) is 18.8 Å². The molecule has 2 rings (SSSR count). The van der Waals surface area contributed by atoms with Gasteiger partial charge >= 0.3 is 5.97 Å². The molecule has 1 N–H and O–H groups in total. The minimum Gasteiger partial charge on any atom is -0.477 e. The highest BCUT2D eigenvalue weighted by atomic mass is 32.1. The first-order chi connectivity index (χ1) is 11.9. The van der Waals surface area contributed by atoms with Crippen molar-refractivity contribution in [1.29, 1.82) is 0 Å². The van der Waals surface area contributed by atoms with Gasteiger partial charge in [0.2, 0.25) is 0 Å². The molecule has 1 saturated carbocycles. The highest BCUT2D eigenvalue weighted by molar-refractivity contribution is 7.65. The van der Waals surface area contributed by atoms with Gasteiger partial charge in [-0.2, -0.15) is 0 Å². The number of anilines is 1. The predicted molar refractivity (Wildman–Crippen MR) is 111 cm³/mol. The van der Waals surface area contributed by atoms with Crippen molar-refractivity contribution in [1.82, 2.24) is 0 Å². The van der Waals surface area contributed by atoms with Gasteiger partial charge < -0.3 is 14.3 Å². The fraction of sp³-hybridized carbons (Fsp3) is 0.650. The van der Waals surface area contributed by atoms with Gasteiger partial charge in [-0.05, 0) is 58.4 Å². The van der Waals surface area contributed by atoms with E-state index in [1.165, 1.54) is 0 Å². The number of hydrogen-bond donors (Lipinski definition) is 1. The lowest BCUT2D eigenvalue weighted by Crippen LogP contribution is -2.26. The van der Waals surface area contributed by atoms with Crippen LogP contribution in [-0.2, 0) is 4.57 Å². The minimum atomic E-state index is -2.68. The minimum absolute atomic E-state index is 0.134. The smallest absolute Gasteiger partial charge is 0.348 e. The summed E-state index contributed by atoms with van der Waals surface area (Å²) >= 11 is 1.16. The van der Waals surface area contributed by atoms with Crippen LogP contribution in [0.25, 0.3) is 0 Å². The Morgan fingerprint density at radius 1 is 1.31 bits per heavy atom. The Hall–Kier alpha value is -1.24. The molecule has 0 spiro atoms. The van der Waals surface area contributed by atoms with Crippen LogP contribution in [0.15, 0.2) is 6.07 Å². The van der Waals surface area contributed by atoms with Crippen molar-refractivity contribution in [3.05, 3.63) is 15.8 Å². The quantitative estimate of drug-likeness (QED) is 0.520. The second-order valence-electron chi connectivity index (χ2n) is 8.51. The van der Waals surface area contributed by atoms with E-state index < -0.39 is 13.3 Å². The van der Waals surface area contributed by atoms with E-state index in [2.05, 4.69) is 18.8 Å². The number of carboxylic acid groups (broad SMARTS) is 1. The number of carboxylic acids is 1. The van der Waals surface area contributed by atoms with Crippen LogP contribution in [0.4, 0.5) is 5.69 Å². The van der Waals surface area contributed by atoms with Crippen molar-refractivity contribution < 1.29 is 14.5 Å². The molecule has 0 bridgehead atoms. The Kier molecular flexibility index (Phi) is 6.31. The van der Waals surface area contributed by atoms with Crippen molar-refractivity contribution in [2.24, 2.45) is 11.3 Å². The van der Waals surface area contributed by atoms with Crippen LogP contribution in [0.3, 0.4) is 0 Å². The number of carbonyl (C=O) groups is 1. The van der Waals surface area contributed by atoms with E-state index in [9.17, 15) is 14.5 Å². The molecule has 0 amide bonds. The van der Waals surface area contributed by atoms with E-state index in [4.69, 9.17) is 0 Å². The highest BCUT2D eigenvalue weighted by Gasteiger charge is 2.36. The summed E-state index contributed by atoms with van der Waals surface area (Å²) in [5.41, 5.74) is 0.512. The maximum Gasteiger partial charge on any atom is 0.348 e. The molecular formula is C20H30NO3PS. The number of hydrogen-bond acceptors (Lipinski definition) is 3. The fourth-order valence-electron chi connectivity index (χ4n) is 3.27. The first-order valence-corrected chi connectivity index (χ1v) is 12.1. The van der Waals surface area contributed by atoms with Crippen LogP contribution < -0.4 is 4.67 Å². The molecule has 144 valence electrons. The summed E-state index contributed by atoms with van der Waals surface area (Å²) in [6, 6.07) is 1.79. The Labute approximate surface area is 161 Å². The monoisotopic (exact) mass is 395 g/mol. The van der Waals surface area contributed by atoms with Gasteiger partial charge in [-0.15, -0.1) is 11.3 Å². The molecule has 1 aliphatic carbocycles. The lowest BCUT2D eigenvalue weighted by atomic mass is 9.91. The molecule has 1 aromatic rings. The second-order valence-corrected chi connectivity index (χ2v) is 12.8. The molecule has 0 aliphatic heterocycles. The van der Waals surface area contributed by atoms with Crippen molar-refractivity contribution in [2.45, 2.75) is 59.0 Å². The summed E-state index contributed by atoms with van der Waals surface area (Å²) in [4.78, 5) is 12.7. The lowest BCUT2D eigenvalue weighted by molar-refractivity contribution is 0.0703. The molecule has 1 fully saturated rings. The van der Waals surface area contributed by atoms with Crippen LogP contribution in [-0.4, -0.2) is 30.4 Å². The van der Waals surface area contributed by atoms with Gasteiger partial charge in [0.15, 0.2) is 7.29 Å². The zero-order valence-electron chi connectivity index (χ0n) is 16.6. The predicted octanol–water partition coefficient (Wildman–Crippen LogP) is 5.77. The van der Waals surface area contributed by atoms with Gasteiger partial charge in [0.05, 0.1) is 10.6 Å².